The summed E-state index contributed by atoms with van der Waals surface area (Å²) < 4.78 is 6.13. The quantitative estimate of drug-likeness (QED) is 0.573. The topological polar surface area (TPSA) is 62.2 Å². The van der Waals surface area contributed by atoms with E-state index in [-0.39, 0.29) is 17.9 Å². The van der Waals surface area contributed by atoms with Gasteiger partial charge in [-0.25, -0.2) is 0 Å². The number of ether oxygens (including phenoxy) is 1. The Hall–Kier alpha value is -2.03. The van der Waals surface area contributed by atoms with E-state index in [1.807, 2.05) is 30.3 Å². The molecule has 3 aliphatic rings. The fraction of sp³-hybridized carbons (Fsp3) is 0.368. The number of rotatable bonds is 4. The van der Waals surface area contributed by atoms with Crippen molar-refractivity contribution in [2.24, 2.45) is 11.0 Å². The molecule has 140 valence electrons. The lowest BCUT2D eigenvalue weighted by Crippen LogP contribution is -2.35. The molecule has 0 bridgehead atoms. The molecule has 0 spiro atoms. The number of thiocarbonyl (C=S) groups is 1. The van der Waals surface area contributed by atoms with Gasteiger partial charge in [-0.1, -0.05) is 42.2 Å². The number of hydrazone groups is 1. The molecule has 2 saturated heterocycles. The van der Waals surface area contributed by atoms with Crippen LogP contribution in [0.25, 0.3) is 0 Å². The number of hydrogen-bond acceptors (Lipinski definition) is 6. The molecule has 0 aliphatic carbocycles. The number of amides is 2. The highest BCUT2D eigenvalue weighted by Crippen LogP contribution is 2.34. The Morgan fingerprint density at radius 2 is 2.11 bits per heavy atom. The van der Waals surface area contributed by atoms with Crippen molar-refractivity contribution in [2.45, 2.75) is 25.9 Å². The number of carbonyl (C=O) groups excluding carboxylic acids is 2. The summed E-state index contributed by atoms with van der Waals surface area (Å²) in [5.74, 6) is -0.871. The van der Waals surface area contributed by atoms with Crippen LogP contribution in [0.5, 0.6) is 0 Å². The fourth-order valence-electron chi connectivity index (χ4n) is 3.34. The van der Waals surface area contributed by atoms with Crippen LogP contribution < -0.4 is 5.01 Å². The zero-order chi connectivity index (χ0) is 19.0. The van der Waals surface area contributed by atoms with Gasteiger partial charge in [0.1, 0.15) is 4.32 Å². The Labute approximate surface area is 167 Å². The van der Waals surface area contributed by atoms with Gasteiger partial charge in [0, 0.05) is 6.61 Å². The standard InChI is InChI=1S/C19H19N3O3S2/c1-12-15(17(23)22(20-12)13-6-3-2-4-7-13)10-16-18(24)21(19(26)27-16)11-14-8-5-9-25-14/h2-4,6-7,10,14-15H,5,8-9,11H2,1H3/b16-10-/t14-,15+/m0/s1. The molecule has 0 unspecified atom stereocenters. The highest BCUT2D eigenvalue weighted by atomic mass is 32.2. The van der Waals surface area contributed by atoms with Crippen molar-refractivity contribution >= 4 is 51.5 Å². The molecule has 1 aromatic rings. The molecule has 0 radical (unpaired) electrons. The fourth-order valence-corrected chi connectivity index (χ4v) is 4.62. The summed E-state index contributed by atoms with van der Waals surface area (Å²) in [5.41, 5.74) is 1.37. The van der Waals surface area contributed by atoms with Crippen LogP contribution in [0.15, 0.2) is 46.4 Å². The lowest BCUT2D eigenvalue weighted by Gasteiger charge is -2.18. The molecule has 3 aliphatic heterocycles. The molecule has 2 atom stereocenters. The van der Waals surface area contributed by atoms with Crippen LogP contribution in [0.1, 0.15) is 19.8 Å². The first kappa shape index (κ1) is 18.3. The molecule has 8 heteroatoms. The molecule has 2 amide bonds. The molecular formula is C19H19N3O3S2. The first-order valence-electron chi connectivity index (χ1n) is 8.86. The van der Waals surface area contributed by atoms with Crippen LogP contribution >= 0.6 is 24.0 Å². The van der Waals surface area contributed by atoms with E-state index in [1.165, 1.54) is 16.8 Å². The minimum Gasteiger partial charge on any atom is -0.376 e. The molecule has 3 heterocycles. The Kier molecular flexibility index (Phi) is 5.12. The predicted octanol–water partition coefficient (Wildman–Crippen LogP) is 2.95. The van der Waals surface area contributed by atoms with Crippen LogP contribution in [0.4, 0.5) is 5.69 Å². The van der Waals surface area contributed by atoms with E-state index >= 15 is 0 Å². The van der Waals surface area contributed by atoms with Crippen molar-refractivity contribution in [1.29, 1.82) is 0 Å². The van der Waals surface area contributed by atoms with Crippen molar-refractivity contribution in [2.75, 3.05) is 18.2 Å². The Morgan fingerprint density at radius 1 is 1.33 bits per heavy atom. The van der Waals surface area contributed by atoms with Gasteiger partial charge in [0.25, 0.3) is 11.8 Å². The second-order valence-electron chi connectivity index (χ2n) is 6.65. The first-order valence-corrected chi connectivity index (χ1v) is 10.1. The summed E-state index contributed by atoms with van der Waals surface area (Å²) in [5, 5.41) is 5.77. The number of hydrogen-bond donors (Lipinski definition) is 0. The van der Waals surface area contributed by atoms with E-state index in [0.29, 0.717) is 27.2 Å². The van der Waals surface area contributed by atoms with E-state index in [9.17, 15) is 9.59 Å². The highest BCUT2D eigenvalue weighted by Gasteiger charge is 2.38. The second kappa shape index (κ2) is 7.53. The molecule has 1 aromatic carbocycles. The second-order valence-corrected chi connectivity index (χ2v) is 8.33. The summed E-state index contributed by atoms with van der Waals surface area (Å²) in [6.07, 6.45) is 3.68. The number of carbonyl (C=O) groups is 2. The zero-order valence-electron chi connectivity index (χ0n) is 14.8. The zero-order valence-corrected chi connectivity index (χ0v) is 16.5. The largest absolute Gasteiger partial charge is 0.376 e. The van der Waals surface area contributed by atoms with Crippen LogP contribution in [0.2, 0.25) is 0 Å². The van der Waals surface area contributed by atoms with Gasteiger partial charge >= 0.3 is 0 Å². The van der Waals surface area contributed by atoms with Crippen molar-refractivity contribution in [3.8, 4) is 0 Å². The third-order valence-electron chi connectivity index (χ3n) is 4.79. The lowest BCUT2D eigenvalue weighted by molar-refractivity contribution is -0.123. The van der Waals surface area contributed by atoms with Gasteiger partial charge in [-0.05, 0) is 38.0 Å². The summed E-state index contributed by atoms with van der Waals surface area (Å²) in [7, 11) is 0. The summed E-state index contributed by atoms with van der Waals surface area (Å²) in [6.45, 7) is 3.01. The maximum absolute atomic E-state index is 12.8. The average molecular weight is 402 g/mol. The molecular weight excluding hydrogens is 382 g/mol. The van der Waals surface area contributed by atoms with Gasteiger partial charge in [-0.3, -0.25) is 14.5 Å². The summed E-state index contributed by atoms with van der Waals surface area (Å²) >= 11 is 6.62. The molecule has 0 saturated carbocycles. The number of thioether (sulfide) groups is 1. The first-order chi connectivity index (χ1) is 13.0. The van der Waals surface area contributed by atoms with Crippen molar-refractivity contribution in [3.05, 3.63) is 41.3 Å². The van der Waals surface area contributed by atoms with Gasteiger partial charge in [-0.2, -0.15) is 10.1 Å². The molecule has 4 rings (SSSR count). The van der Waals surface area contributed by atoms with Gasteiger partial charge < -0.3 is 4.74 Å². The van der Waals surface area contributed by atoms with E-state index in [1.54, 1.807) is 17.9 Å². The van der Waals surface area contributed by atoms with Crippen LogP contribution in [0, 0.1) is 5.92 Å². The SMILES string of the molecule is CC1=NN(c2ccccc2)C(=O)[C@@H]1/C=C1\SC(=S)N(C[C@@H]2CCCO2)C1=O. The van der Waals surface area contributed by atoms with E-state index in [4.69, 9.17) is 17.0 Å². The van der Waals surface area contributed by atoms with Crippen LogP contribution in [-0.4, -0.2) is 46.0 Å². The van der Waals surface area contributed by atoms with Crippen LogP contribution in [0.3, 0.4) is 0 Å². The number of benzene rings is 1. The van der Waals surface area contributed by atoms with Crippen molar-refractivity contribution in [3.63, 3.8) is 0 Å². The Bertz CT molecular complexity index is 847. The van der Waals surface area contributed by atoms with Gasteiger partial charge in [0.2, 0.25) is 0 Å². The average Bonchev–Trinajstić information content (AvgIpc) is 3.35. The Balaban J connectivity index is 1.51. The van der Waals surface area contributed by atoms with E-state index < -0.39 is 5.92 Å². The van der Waals surface area contributed by atoms with Gasteiger partial charge in [0.05, 0.1) is 34.9 Å². The smallest absolute Gasteiger partial charge is 0.265 e. The van der Waals surface area contributed by atoms with Crippen LogP contribution in [-0.2, 0) is 14.3 Å². The third-order valence-corrected chi connectivity index (χ3v) is 6.18. The monoisotopic (exact) mass is 401 g/mol. The molecule has 27 heavy (non-hydrogen) atoms. The summed E-state index contributed by atoms with van der Waals surface area (Å²) in [4.78, 5) is 27.7. The highest BCUT2D eigenvalue weighted by molar-refractivity contribution is 8.26. The maximum atomic E-state index is 12.8. The van der Waals surface area contributed by atoms with E-state index in [2.05, 4.69) is 5.10 Å². The van der Waals surface area contributed by atoms with Crippen molar-refractivity contribution in [1.82, 2.24) is 4.90 Å². The third kappa shape index (κ3) is 3.56. The molecule has 0 aromatic heterocycles. The maximum Gasteiger partial charge on any atom is 0.265 e. The Morgan fingerprint density at radius 3 is 2.81 bits per heavy atom. The number of para-hydroxylation sites is 1. The minimum atomic E-state index is -0.554. The van der Waals surface area contributed by atoms with E-state index in [0.717, 1.165) is 19.4 Å². The predicted molar refractivity (Wildman–Crippen MR) is 109 cm³/mol. The van der Waals surface area contributed by atoms with Crippen molar-refractivity contribution < 1.29 is 14.3 Å². The minimum absolute atomic E-state index is 0.0387. The lowest BCUT2D eigenvalue weighted by atomic mass is 10.0. The molecule has 0 N–H and O–H groups in total. The summed E-state index contributed by atoms with van der Waals surface area (Å²) in [6, 6.07) is 9.27. The molecule has 6 nitrogen and oxygen atoms in total. The van der Waals surface area contributed by atoms with Gasteiger partial charge in [-0.15, -0.1) is 0 Å². The number of nitrogens with zero attached hydrogens (tertiary/aromatic N) is 3. The normalized spacial score (nSPS) is 27.2. The number of anilines is 1. The van der Waals surface area contributed by atoms with Gasteiger partial charge in [0.15, 0.2) is 0 Å². The molecule has 2 fully saturated rings.